The van der Waals surface area contributed by atoms with Crippen LogP contribution in [0, 0.1) is 0 Å². The van der Waals surface area contributed by atoms with E-state index in [9.17, 15) is 0 Å². The quantitative estimate of drug-likeness (QED) is 0.408. The molecule has 3 aromatic heterocycles. The first-order valence-electron chi connectivity index (χ1n) is 9.45. The Bertz CT molecular complexity index is 1360. The molecular formula is C22H17ClN6OS. The van der Waals surface area contributed by atoms with Gasteiger partial charge in [0.05, 0.1) is 23.6 Å². The van der Waals surface area contributed by atoms with Gasteiger partial charge in [0.15, 0.2) is 17.2 Å². The van der Waals surface area contributed by atoms with Crippen LogP contribution in [0.15, 0.2) is 60.0 Å². The van der Waals surface area contributed by atoms with E-state index in [0.717, 1.165) is 28.1 Å². The van der Waals surface area contributed by atoms with E-state index >= 15 is 0 Å². The highest BCUT2D eigenvalue weighted by molar-refractivity contribution is 7.13. The van der Waals surface area contributed by atoms with Crippen LogP contribution in [-0.4, -0.2) is 31.9 Å². The largest absolute Gasteiger partial charge is 0.382 e. The zero-order chi connectivity index (χ0) is 21.4. The molecular weight excluding hydrogens is 432 g/mol. The first-order valence-corrected chi connectivity index (χ1v) is 10.7. The van der Waals surface area contributed by atoms with Gasteiger partial charge in [-0.1, -0.05) is 54.1 Å². The van der Waals surface area contributed by atoms with Gasteiger partial charge in [0, 0.05) is 23.1 Å². The minimum atomic E-state index is 0.334. The lowest BCUT2D eigenvalue weighted by molar-refractivity contribution is 0.181. The number of aromatic nitrogens is 5. The summed E-state index contributed by atoms with van der Waals surface area (Å²) in [5.41, 5.74) is 11.9. The van der Waals surface area contributed by atoms with Crippen LogP contribution in [0.3, 0.4) is 0 Å². The summed E-state index contributed by atoms with van der Waals surface area (Å²) in [5, 5.41) is 16.8. The number of hydrogen-bond donors (Lipinski definition) is 1. The van der Waals surface area contributed by atoms with Crippen molar-refractivity contribution in [1.29, 1.82) is 0 Å². The highest BCUT2D eigenvalue weighted by atomic mass is 35.5. The van der Waals surface area contributed by atoms with Gasteiger partial charge in [-0.3, -0.25) is 0 Å². The molecule has 5 aromatic rings. The third kappa shape index (κ3) is 3.54. The van der Waals surface area contributed by atoms with Gasteiger partial charge in [0.1, 0.15) is 5.01 Å². The Labute approximate surface area is 187 Å². The zero-order valence-corrected chi connectivity index (χ0v) is 18.1. The van der Waals surface area contributed by atoms with Gasteiger partial charge in [-0.2, -0.15) is 9.61 Å². The van der Waals surface area contributed by atoms with E-state index in [4.69, 9.17) is 27.1 Å². The lowest BCUT2D eigenvalue weighted by Crippen LogP contribution is -2.05. The van der Waals surface area contributed by atoms with E-state index < -0.39 is 0 Å². The lowest BCUT2D eigenvalue weighted by atomic mass is 10.1. The Hall–Kier alpha value is -3.33. The van der Waals surface area contributed by atoms with Crippen molar-refractivity contribution in [3.63, 3.8) is 0 Å². The number of thiazole rings is 1. The molecule has 9 heteroatoms. The number of benzene rings is 2. The van der Waals surface area contributed by atoms with Crippen LogP contribution in [0.2, 0.25) is 5.02 Å². The number of fused-ring (bicyclic) bond motifs is 1. The summed E-state index contributed by atoms with van der Waals surface area (Å²) in [7, 11) is 1.63. The molecule has 0 aliphatic heterocycles. The number of halogens is 1. The summed E-state index contributed by atoms with van der Waals surface area (Å²) in [6.45, 7) is 0.334. The van der Waals surface area contributed by atoms with Crippen molar-refractivity contribution in [2.75, 3.05) is 12.8 Å². The first-order chi connectivity index (χ1) is 15.2. The van der Waals surface area contributed by atoms with Crippen molar-refractivity contribution < 1.29 is 4.74 Å². The van der Waals surface area contributed by atoms with Crippen molar-refractivity contribution in [1.82, 2.24) is 24.8 Å². The molecule has 5 rings (SSSR count). The molecule has 0 amide bonds. The molecule has 0 atom stereocenters. The first kappa shape index (κ1) is 19.6. The second kappa shape index (κ2) is 8.07. The van der Waals surface area contributed by atoms with E-state index in [1.54, 1.807) is 11.6 Å². The Morgan fingerprint density at radius 3 is 2.55 bits per heavy atom. The molecule has 7 nitrogen and oxygen atoms in total. The molecule has 31 heavy (non-hydrogen) atoms. The van der Waals surface area contributed by atoms with Crippen LogP contribution in [0.5, 0.6) is 0 Å². The second-order valence-electron chi connectivity index (χ2n) is 6.83. The fourth-order valence-corrected chi connectivity index (χ4v) is 4.33. The molecule has 2 aromatic carbocycles. The Morgan fingerprint density at radius 1 is 1.03 bits per heavy atom. The van der Waals surface area contributed by atoms with E-state index in [1.165, 1.54) is 11.3 Å². The number of anilines is 1. The lowest BCUT2D eigenvalue weighted by Gasteiger charge is -2.04. The second-order valence-corrected chi connectivity index (χ2v) is 8.13. The average Bonchev–Trinajstić information content (AvgIpc) is 3.41. The molecule has 0 bridgehead atoms. The highest BCUT2D eigenvalue weighted by Gasteiger charge is 2.21. The third-order valence-corrected chi connectivity index (χ3v) is 5.94. The molecule has 0 unspecified atom stereocenters. The van der Waals surface area contributed by atoms with Gasteiger partial charge in [0.25, 0.3) is 0 Å². The highest BCUT2D eigenvalue weighted by Crippen LogP contribution is 2.34. The summed E-state index contributed by atoms with van der Waals surface area (Å²) >= 11 is 7.44. The van der Waals surface area contributed by atoms with Crippen molar-refractivity contribution in [3.8, 4) is 33.1 Å². The van der Waals surface area contributed by atoms with Crippen LogP contribution >= 0.6 is 22.9 Å². The predicted octanol–water partition coefficient (Wildman–Crippen LogP) is 4.96. The number of hydrogen-bond acceptors (Lipinski definition) is 7. The zero-order valence-electron chi connectivity index (χ0n) is 16.5. The maximum Gasteiger partial charge on any atom is 0.187 e. The van der Waals surface area contributed by atoms with Crippen LogP contribution in [0.25, 0.3) is 38.7 Å². The predicted molar refractivity (Wildman–Crippen MR) is 123 cm³/mol. The van der Waals surface area contributed by atoms with Crippen molar-refractivity contribution in [2.45, 2.75) is 6.61 Å². The number of nitrogens with two attached hydrogens (primary N) is 1. The topological polar surface area (TPSA) is 91.2 Å². The maximum absolute atomic E-state index is 6.48. The molecule has 0 aliphatic rings. The number of nitrogen functional groups attached to an aromatic ring is 1. The minimum absolute atomic E-state index is 0.334. The molecule has 0 fully saturated rings. The maximum atomic E-state index is 6.48. The summed E-state index contributed by atoms with van der Waals surface area (Å²) in [6.07, 6.45) is 0. The van der Waals surface area contributed by atoms with Crippen molar-refractivity contribution in [2.24, 2.45) is 0 Å². The molecule has 154 valence electrons. The third-order valence-electron chi connectivity index (χ3n) is 4.84. The fraction of sp³-hybridized carbons (Fsp3) is 0.0909. The Kier molecular flexibility index (Phi) is 5.11. The van der Waals surface area contributed by atoms with Gasteiger partial charge in [-0.05, 0) is 17.7 Å². The summed E-state index contributed by atoms with van der Waals surface area (Å²) in [6, 6.07) is 17.4. The molecule has 3 heterocycles. The standard InChI is InChI=1S/C22H17ClN6OS/c1-30-11-16-18(14-5-3-2-4-6-14)21-27-26-19(20(24)29(21)28-16)22-25-17(12-31-22)13-7-9-15(23)10-8-13/h2-10,12H,11,24H2,1H3. The Morgan fingerprint density at radius 2 is 1.81 bits per heavy atom. The van der Waals surface area contributed by atoms with E-state index in [2.05, 4.69) is 15.3 Å². The van der Waals surface area contributed by atoms with E-state index in [1.807, 2.05) is 60.0 Å². The number of rotatable bonds is 5. The fourth-order valence-electron chi connectivity index (χ4n) is 3.39. The monoisotopic (exact) mass is 448 g/mol. The van der Waals surface area contributed by atoms with Crippen LogP contribution in [-0.2, 0) is 11.3 Å². The summed E-state index contributed by atoms with van der Waals surface area (Å²) in [4.78, 5) is 4.70. The van der Waals surface area contributed by atoms with E-state index in [-0.39, 0.29) is 0 Å². The molecule has 2 N–H and O–H groups in total. The number of nitrogens with zero attached hydrogens (tertiary/aromatic N) is 5. The van der Waals surface area contributed by atoms with Crippen LogP contribution in [0.4, 0.5) is 5.82 Å². The van der Waals surface area contributed by atoms with Gasteiger partial charge in [-0.15, -0.1) is 21.5 Å². The molecule has 0 spiro atoms. The van der Waals surface area contributed by atoms with Gasteiger partial charge in [-0.25, -0.2) is 4.98 Å². The van der Waals surface area contributed by atoms with Crippen LogP contribution in [0.1, 0.15) is 5.69 Å². The van der Waals surface area contributed by atoms with E-state index in [0.29, 0.717) is 33.8 Å². The molecule has 0 saturated heterocycles. The number of ether oxygens (including phenoxy) is 1. The molecule has 0 aliphatic carbocycles. The minimum Gasteiger partial charge on any atom is -0.382 e. The Balaban J connectivity index is 1.62. The van der Waals surface area contributed by atoms with Gasteiger partial charge < -0.3 is 10.5 Å². The van der Waals surface area contributed by atoms with Crippen molar-refractivity contribution >= 4 is 34.4 Å². The average molecular weight is 449 g/mol. The van der Waals surface area contributed by atoms with Gasteiger partial charge >= 0.3 is 0 Å². The molecule has 0 saturated carbocycles. The summed E-state index contributed by atoms with van der Waals surface area (Å²) in [5.74, 6) is 0.376. The van der Waals surface area contributed by atoms with Crippen LogP contribution < -0.4 is 5.73 Å². The summed E-state index contributed by atoms with van der Waals surface area (Å²) < 4.78 is 6.96. The normalized spacial score (nSPS) is 11.3. The van der Waals surface area contributed by atoms with Gasteiger partial charge in [0.2, 0.25) is 0 Å². The SMILES string of the molecule is COCc1nn2c(N)c(-c3nc(-c4ccc(Cl)cc4)cs3)nnc2c1-c1ccccc1. The molecule has 0 radical (unpaired) electrons. The van der Waals surface area contributed by atoms with Crippen molar-refractivity contribution in [3.05, 3.63) is 70.7 Å². The smallest absolute Gasteiger partial charge is 0.187 e. The number of methoxy groups -OCH3 is 1.